The Morgan fingerprint density at radius 1 is 1.05 bits per heavy atom. The third-order valence-corrected chi connectivity index (χ3v) is 4.79. The maximum Gasteiger partial charge on any atom is 0.0942 e. The van der Waals surface area contributed by atoms with Crippen LogP contribution in [-0.2, 0) is 0 Å². The molecule has 2 heteroatoms. The van der Waals surface area contributed by atoms with Crippen LogP contribution in [0, 0.1) is 6.92 Å². The summed E-state index contributed by atoms with van der Waals surface area (Å²) in [5.74, 6) is 0. The molecule has 1 aliphatic carbocycles. The summed E-state index contributed by atoms with van der Waals surface area (Å²) < 4.78 is 0. The van der Waals surface area contributed by atoms with Gasteiger partial charge in [0.1, 0.15) is 0 Å². The van der Waals surface area contributed by atoms with Crippen LogP contribution in [0.3, 0.4) is 0 Å². The molecule has 2 unspecified atom stereocenters. The van der Waals surface area contributed by atoms with E-state index in [2.05, 4.69) is 43.4 Å². The summed E-state index contributed by atoms with van der Waals surface area (Å²) in [6.45, 7) is 4.25. The molecule has 21 heavy (non-hydrogen) atoms. The number of hydrogen-bond donors (Lipinski definition) is 2. The van der Waals surface area contributed by atoms with Crippen LogP contribution in [0.5, 0.6) is 0 Å². The minimum atomic E-state index is -0.402. The molecule has 1 saturated carbocycles. The Balaban J connectivity index is 1.95. The summed E-state index contributed by atoms with van der Waals surface area (Å²) in [6.07, 6.45) is 9.88. The van der Waals surface area contributed by atoms with Gasteiger partial charge in [0.05, 0.1) is 6.10 Å². The number of nitrogens with one attached hydrogen (secondary N) is 1. The minimum absolute atomic E-state index is 0.164. The highest BCUT2D eigenvalue weighted by molar-refractivity contribution is 5.24. The molecule has 1 aromatic rings. The number of aliphatic hydroxyl groups excluding tert-OH is 1. The third-order valence-electron chi connectivity index (χ3n) is 4.79. The van der Waals surface area contributed by atoms with Gasteiger partial charge >= 0.3 is 0 Å². The van der Waals surface area contributed by atoms with Crippen molar-refractivity contribution in [2.45, 2.75) is 83.4 Å². The van der Waals surface area contributed by atoms with Gasteiger partial charge < -0.3 is 10.4 Å². The van der Waals surface area contributed by atoms with Crippen molar-refractivity contribution < 1.29 is 5.11 Å². The molecule has 1 aliphatic rings. The van der Waals surface area contributed by atoms with Crippen LogP contribution in [0.2, 0.25) is 0 Å². The predicted octanol–water partition coefficient (Wildman–Crippen LogP) is 4.51. The topological polar surface area (TPSA) is 32.3 Å². The Labute approximate surface area is 130 Å². The smallest absolute Gasteiger partial charge is 0.0942 e. The Bertz CT molecular complexity index is 393. The molecule has 118 valence electrons. The summed E-state index contributed by atoms with van der Waals surface area (Å²) in [7, 11) is 0. The number of benzene rings is 1. The van der Waals surface area contributed by atoms with Crippen molar-refractivity contribution in [3.8, 4) is 0 Å². The number of aryl methyl sites for hydroxylation is 1. The summed E-state index contributed by atoms with van der Waals surface area (Å²) in [4.78, 5) is 0. The van der Waals surface area contributed by atoms with Gasteiger partial charge in [-0.05, 0) is 31.7 Å². The van der Waals surface area contributed by atoms with Crippen LogP contribution in [0.1, 0.15) is 75.5 Å². The van der Waals surface area contributed by atoms with E-state index in [4.69, 9.17) is 0 Å². The summed E-state index contributed by atoms with van der Waals surface area (Å²) in [5, 5.41) is 14.4. The zero-order chi connectivity index (χ0) is 15.1. The first kappa shape index (κ1) is 16.5. The molecule has 0 heterocycles. The first-order valence-corrected chi connectivity index (χ1v) is 8.71. The van der Waals surface area contributed by atoms with Crippen molar-refractivity contribution in [3.63, 3.8) is 0 Å². The summed E-state index contributed by atoms with van der Waals surface area (Å²) in [5.41, 5.74) is 2.28. The molecule has 0 amide bonds. The van der Waals surface area contributed by atoms with Gasteiger partial charge in [0, 0.05) is 12.1 Å². The molecule has 0 radical (unpaired) electrons. The van der Waals surface area contributed by atoms with Crippen LogP contribution in [0.4, 0.5) is 0 Å². The lowest BCUT2D eigenvalue weighted by Gasteiger charge is -2.30. The monoisotopic (exact) mass is 289 g/mol. The van der Waals surface area contributed by atoms with Gasteiger partial charge in [0.15, 0.2) is 0 Å². The van der Waals surface area contributed by atoms with E-state index in [1.807, 2.05) is 0 Å². The van der Waals surface area contributed by atoms with Crippen LogP contribution in [-0.4, -0.2) is 17.2 Å². The molecule has 2 rings (SSSR count). The zero-order valence-corrected chi connectivity index (χ0v) is 13.6. The van der Waals surface area contributed by atoms with E-state index in [9.17, 15) is 5.11 Å². The Morgan fingerprint density at radius 3 is 2.19 bits per heavy atom. The van der Waals surface area contributed by atoms with Gasteiger partial charge in [-0.25, -0.2) is 0 Å². The van der Waals surface area contributed by atoms with Crippen LogP contribution < -0.4 is 5.32 Å². The molecule has 0 spiro atoms. The van der Waals surface area contributed by atoms with E-state index in [0.717, 1.165) is 12.0 Å². The highest BCUT2D eigenvalue weighted by atomic mass is 16.3. The highest BCUT2D eigenvalue weighted by Gasteiger charge is 2.22. The maximum absolute atomic E-state index is 10.7. The number of rotatable bonds is 5. The van der Waals surface area contributed by atoms with Crippen LogP contribution in [0.25, 0.3) is 0 Å². The SMILES string of the molecule is CCC(NC1CCCCCCC1)C(O)c1ccc(C)cc1. The fourth-order valence-corrected chi connectivity index (χ4v) is 3.35. The molecule has 1 fully saturated rings. The minimum Gasteiger partial charge on any atom is -0.387 e. The van der Waals surface area contributed by atoms with Crippen molar-refractivity contribution in [1.82, 2.24) is 5.32 Å². The number of hydrogen-bond acceptors (Lipinski definition) is 2. The van der Waals surface area contributed by atoms with Crippen LogP contribution in [0.15, 0.2) is 24.3 Å². The molecular formula is C19H31NO. The van der Waals surface area contributed by atoms with Gasteiger partial charge in [0.25, 0.3) is 0 Å². The van der Waals surface area contributed by atoms with Crippen molar-refractivity contribution in [3.05, 3.63) is 35.4 Å². The average Bonchev–Trinajstić information content (AvgIpc) is 2.46. The molecule has 0 saturated heterocycles. The van der Waals surface area contributed by atoms with Gasteiger partial charge in [-0.3, -0.25) is 0 Å². The van der Waals surface area contributed by atoms with E-state index < -0.39 is 6.10 Å². The molecule has 2 N–H and O–H groups in total. The van der Waals surface area contributed by atoms with Crippen molar-refractivity contribution >= 4 is 0 Å². The molecule has 2 atom stereocenters. The molecule has 0 aromatic heterocycles. The van der Waals surface area contributed by atoms with E-state index in [-0.39, 0.29) is 6.04 Å². The van der Waals surface area contributed by atoms with Gasteiger partial charge in [-0.15, -0.1) is 0 Å². The summed E-state index contributed by atoms with van der Waals surface area (Å²) >= 11 is 0. The molecule has 0 bridgehead atoms. The lowest BCUT2D eigenvalue weighted by atomic mass is 9.93. The molecular weight excluding hydrogens is 258 g/mol. The van der Waals surface area contributed by atoms with E-state index in [1.165, 1.54) is 50.5 Å². The first-order chi connectivity index (χ1) is 10.2. The zero-order valence-electron chi connectivity index (χ0n) is 13.6. The second-order valence-electron chi connectivity index (χ2n) is 6.58. The largest absolute Gasteiger partial charge is 0.387 e. The van der Waals surface area contributed by atoms with Crippen LogP contribution >= 0.6 is 0 Å². The Morgan fingerprint density at radius 2 is 1.62 bits per heavy atom. The molecule has 1 aromatic carbocycles. The number of aliphatic hydroxyl groups is 1. The molecule has 0 aliphatic heterocycles. The Hall–Kier alpha value is -0.860. The van der Waals surface area contributed by atoms with E-state index >= 15 is 0 Å². The maximum atomic E-state index is 10.7. The van der Waals surface area contributed by atoms with Gasteiger partial charge in [-0.1, -0.05) is 68.9 Å². The van der Waals surface area contributed by atoms with Crippen molar-refractivity contribution in [1.29, 1.82) is 0 Å². The Kier molecular flexibility index (Phi) is 6.72. The van der Waals surface area contributed by atoms with Gasteiger partial charge in [-0.2, -0.15) is 0 Å². The lowest BCUT2D eigenvalue weighted by Crippen LogP contribution is -2.42. The van der Waals surface area contributed by atoms with Crippen molar-refractivity contribution in [2.24, 2.45) is 0 Å². The molecule has 2 nitrogen and oxygen atoms in total. The average molecular weight is 289 g/mol. The standard InChI is InChI=1S/C19H31NO/c1-3-18(19(21)16-13-11-15(2)12-14-16)20-17-9-7-5-4-6-8-10-17/h11-14,17-21H,3-10H2,1-2H3. The lowest BCUT2D eigenvalue weighted by molar-refractivity contribution is 0.116. The van der Waals surface area contributed by atoms with E-state index in [1.54, 1.807) is 0 Å². The fraction of sp³-hybridized carbons (Fsp3) is 0.684. The second-order valence-corrected chi connectivity index (χ2v) is 6.58. The third kappa shape index (κ3) is 5.12. The van der Waals surface area contributed by atoms with E-state index in [0.29, 0.717) is 6.04 Å². The van der Waals surface area contributed by atoms with Gasteiger partial charge in [0.2, 0.25) is 0 Å². The summed E-state index contributed by atoms with van der Waals surface area (Å²) in [6, 6.07) is 9.03. The normalized spacial score (nSPS) is 20.5. The first-order valence-electron chi connectivity index (χ1n) is 8.71. The quantitative estimate of drug-likeness (QED) is 0.836. The second kappa shape index (κ2) is 8.55. The fourth-order valence-electron chi connectivity index (χ4n) is 3.35. The van der Waals surface area contributed by atoms with Crippen molar-refractivity contribution in [2.75, 3.05) is 0 Å². The highest BCUT2D eigenvalue weighted by Crippen LogP contribution is 2.23. The predicted molar refractivity (Wildman–Crippen MR) is 89.5 cm³/mol.